The molecule has 29 heavy (non-hydrogen) atoms. The monoisotopic (exact) mass is 405 g/mol. The Balaban J connectivity index is 1.83. The number of benzene rings is 1. The van der Waals surface area contributed by atoms with E-state index >= 15 is 0 Å². The summed E-state index contributed by atoms with van der Waals surface area (Å²) in [6, 6.07) is 12.6. The van der Waals surface area contributed by atoms with Crippen LogP contribution in [0.3, 0.4) is 0 Å². The Bertz CT molecular complexity index is 1230. The molecule has 1 aromatic carbocycles. The second-order valence-corrected chi connectivity index (χ2v) is 7.47. The highest BCUT2D eigenvalue weighted by molar-refractivity contribution is 7.13. The molecular weight excluding hydrogens is 386 g/mol. The van der Waals surface area contributed by atoms with Gasteiger partial charge in [0, 0.05) is 14.1 Å². The van der Waals surface area contributed by atoms with Crippen molar-refractivity contribution in [3.8, 4) is 10.6 Å². The maximum atomic E-state index is 13.3. The number of thiophene rings is 1. The van der Waals surface area contributed by atoms with E-state index in [4.69, 9.17) is 4.98 Å². The lowest BCUT2D eigenvalue weighted by molar-refractivity contribution is 0.0964. The van der Waals surface area contributed by atoms with Gasteiger partial charge in [-0.15, -0.1) is 11.3 Å². The summed E-state index contributed by atoms with van der Waals surface area (Å²) in [5, 5.41) is 12.6. The lowest BCUT2D eigenvalue weighted by atomic mass is 10.1. The summed E-state index contributed by atoms with van der Waals surface area (Å²) in [5.41, 5.74) is 3.38. The van der Waals surface area contributed by atoms with Crippen molar-refractivity contribution < 1.29 is 9.59 Å². The molecule has 7 nitrogen and oxygen atoms in total. The van der Waals surface area contributed by atoms with Gasteiger partial charge >= 0.3 is 0 Å². The topological polar surface area (TPSA) is 88.9 Å². The largest absolute Gasteiger partial charge is 0.355 e. The lowest BCUT2D eigenvalue weighted by Crippen LogP contribution is -2.21. The summed E-state index contributed by atoms with van der Waals surface area (Å²) in [6.07, 6.45) is 0. The highest BCUT2D eigenvalue weighted by Gasteiger charge is 2.21. The number of nitrogens with zero attached hydrogens (tertiary/aromatic N) is 3. The van der Waals surface area contributed by atoms with Gasteiger partial charge in [-0.1, -0.05) is 18.2 Å². The van der Waals surface area contributed by atoms with Crippen molar-refractivity contribution in [3.05, 3.63) is 64.7 Å². The van der Waals surface area contributed by atoms with E-state index in [0.717, 1.165) is 10.6 Å². The van der Waals surface area contributed by atoms with Crippen LogP contribution in [0.4, 0.5) is 5.69 Å². The smallest absolute Gasteiger partial charge is 0.256 e. The van der Waals surface area contributed by atoms with Gasteiger partial charge in [-0.05, 0) is 36.6 Å². The van der Waals surface area contributed by atoms with Crippen LogP contribution in [0.5, 0.6) is 0 Å². The molecule has 3 aromatic heterocycles. The number of rotatable bonds is 4. The van der Waals surface area contributed by atoms with Gasteiger partial charge in [-0.3, -0.25) is 14.3 Å². The number of aryl methyl sites for hydroxylation is 2. The van der Waals surface area contributed by atoms with Crippen LogP contribution in [0, 0.1) is 6.92 Å². The molecule has 4 rings (SSSR count). The number of carbonyl (C=O) groups excluding carboxylic acids is 2. The first-order valence-corrected chi connectivity index (χ1v) is 9.88. The van der Waals surface area contributed by atoms with Crippen LogP contribution >= 0.6 is 11.3 Å². The van der Waals surface area contributed by atoms with Gasteiger partial charge in [-0.25, -0.2) is 4.98 Å². The van der Waals surface area contributed by atoms with Crippen molar-refractivity contribution in [2.75, 3.05) is 12.4 Å². The van der Waals surface area contributed by atoms with Crippen LogP contribution in [0.1, 0.15) is 26.4 Å². The van der Waals surface area contributed by atoms with E-state index in [-0.39, 0.29) is 11.8 Å². The van der Waals surface area contributed by atoms with Crippen LogP contribution in [0.15, 0.2) is 47.8 Å². The average Bonchev–Trinajstić information content (AvgIpc) is 3.36. The number of hydrogen-bond acceptors (Lipinski definition) is 5. The van der Waals surface area contributed by atoms with E-state index in [1.807, 2.05) is 31.5 Å². The standard InChI is InChI=1S/C21H19N5O2S/c1-12-18-14(21(28)24-15-8-5-4-7-13(15)20(27)22-2)11-16(17-9-6-10-29-17)23-19(18)26(3)25-12/h4-11H,1-3H3,(H,22,27)(H,24,28). The Kier molecular flexibility index (Phi) is 4.85. The maximum Gasteiger partial charge on any atom is 0.256 e. The molecule has 0 bridgehead atoms. The third kappa shape index (κ3) is 3.38. The van der Waals surface area contributed by atoms with E-state index in [9.17, 15) is 9.59 Å². The summed E-state index contributed by atoms with van der Waals surface area (Å²) < 4.78 is 1.68. The van der Waals surface area contributed by atoms with Gasteiger partial charge in [0.15, 0.2) is 5.65 Å². The molecule has 0 aliphatic heterocycles. The van der Waals surface area contributed by atoms with Gasteiger partial charge in [0.1, 0.15) is 0 Å². The van der Waals surface area contributed by atoms with Gasteiger partial charge in [-0.2, -0.15) is 5.10 Å². The number of anilines is 1. The molecule has 0 unspecified atom stereocenters. The van der Waals surface area contributed by atoms with E-state index in [1.165, 1.54) is 0 Å². The minimum Gasteiger partial charge on any atom is -0.355 e. The Morgan fingerprint density at radius 1 is 1.07 bits per heavy atom. The lowest BCUT2D eigenvalue weighted by Gasteiger charge is -2.11. The van der Waals surface area contributed by atoms with Crippen LogP contribution in [0.25, 0.3) is 21.6 Å². The van der Waals surface area contributed by atoms with Gasteiger partial charge in [0.25, 0.3) is 11.8 Å². The zero-order valence-electron chi connectivity index (χ0n) is 16.2. The molecule has 0 saturated carbocycles. The number of amides is 2. The van der Waals surface area contributed by atoms with Crippen molar-refractivity contribution in [2.45, 2.75) is 6.92 Å². The fourth-order valence-electron chi connectivity index (χ4n) is 3.29. The molecule has 2 amide bonds. The molecule has 0 atom stereocenters. The third-order valence-electron chi connectivity index (χ3n) is 4.63. The predicted octanol–water partition coefficient (Wildman–Crippen LogP) is 3.62. The van der Waals surface area contributed by atoms with E-state index in [1.54, 1.807) is 53.4 Å². The Hall–Kier alpha value is -3.52. The highest BCUT2D eigenvalue weighted by Crippen LogP contribution is 2.30. The fraction of sp³-hybridized carbons (Fsp3) is 0.143. The summed E-state index contributed by atoms with van der Waals surface area (Å²) in [5.74, 6) is -0.583. The molecule has 0 radical (unpaired) electrons. The fourth-order valence-corrected chi connectivity index (χ4v) is 3.98. The zero-order valence-corrected chi connectivity index (χ0v) is 17.0. The molecule has 146 valence electrons. The number of para-hydroxylation sites is 1. The molecule has 0 saturated heterocycles. The van der Waals surface area contributed by atoms with Crippen molar-refractivity contribution >= 4 is 39.9 Å². The Labute approximate surface area is 171 Å². The summed E-state index contributed by atoms with van der Waals surface area (Å²) >= 11 is 1.55. The van der Waals surface area contributed by atoms with E-state index in [0.29, 0.717) is 33.5 Å². The number of pyridine rings is 1. The van der Waals surface area contributed by atoms with Gasteiger partial charge in [0.2, 0.25) is 0 Å². The van der Waals surface area contributed by atoms with Crippen LogP contribution < -0.4 is 10.6 Å². The van der Waals surface area contributed by atoms with Crippen LogP contribution in [-0.2, 0) is 7.05 Å². The third-order valence-corrected chi connectivity index (χ3v) is 5.53. The van der Waals surface area contributed by atoms with E-state index in [2.05, 4.69) is 15.7 Å². The SMILES string of the molecule is CNC(=O)c1ccccc1NC(=O)c1cc(-c2cccs2)nc2c1c(C)nn2C. The van der Waals surface area contributed by atoms with Gasteiger partial charge < -0.3 is 10.6 Å². The zero-order chi connectivity index (χ0) is 20.5. The number of hydrogen-bond donors (Lipinski definition) is 2. The Morgan fingerprint density at radius 2 is 1.86 bits per heavy atom. The summed E-state index contributed by atoms with van der Waals surface area (Å²) in [7, 11) is 3.36. The molecule has 3 heterocycles. The molecule has 2 N–H and O–H groups in total. The van der Waals surface area contributed by atoms with Crippen LogP contribution in [0.2, 0.25) is 0 Å². The van der Waals surface area contributed by atoms with E-state index < -0.39 is 0 Å². The second-order valence-electron chi connectivity index (χ2n) is 6.52. The van der Waals surface area contributed by atoms with Crippen molar-refractivity contribution in [2.24, 2.45) is 7.05 Å². The number of nitrogens with one attached hydrogen (secondary N) is 2. The normalized spacial score (nSPS) is 10.9. The minimum atomic E-state index is -0.317. The first kappa shape index (κ1) is 18.8. The quantitative estimate of drug-likeness (QED) is 0.543. The summed E-state index contributed by atoms with van der Waals surface area (Å²) in [6.45, 7) is 1.85. The number of aromatic nitrogens is 3. The maximum absolute atomic E-state index is 13.3. The van der Waals surface area contributed by atoms with Gasteiger partial charge in [0.05, 0.1) is 38.5 Å². The highest BCUT2D eigenvalue weighted by atomic mass is 32.1. The number of fused-ring (bicyclic) bond motifs is 1. The van der Waals surface area contributed by atoms with Crippen LogP contribution in [-0.4, -0.2) is 33.6 Å². The Morgan fingerprint density at radius 3 is 2.59 bits per heavy atom. The molecule has 0 aliphatic carbocycles. The molecule has 4 aromatic rings. The first-order chi connectivity index (χ1) is 14.0. The number of carbonyl (C=O) groups is 2. The molecule has 0 spiro atoms. The second kappa shape index (κ2) is 7.48. The van der Waals surface area contributed by atoms with Crippen molar-refractivity contribution in [3.63, 3.8) is 0 Å². The molecule has 0 fully saturated rings. The van der Waals surface area contributed by atoms with Crippen molar-refractivity contribution in [1.29, 1.82) is 0 Å². The summed E-state index contributed by atoms with van der Waals surface area (Å²) in [4.78, 5) is 31.1. The first-order valence-electron chi connectivity index (χ1n) is 9.00. The van der Waals surface area contributed by atoms with Crippen molar-refractivity contribution in [1.82, 2.24) is 20.1 Å². The molecule has 8 heteroatoms. The predicted molar refractivity (Wildman–Crippen MR) is 114 cm³/mol. The molecule has 0 aliphatic rings. The minimum absolute atomic E-state index is 0.266. The average molecular weight is 405 g/mol. The molecular formula is C21H19N5O2S.